The first kappa shape index (κ1) is 19.8. The molecular formula is C24H29N3OS+2. The molecule has 1 amide bonds. The lowest BCUT2D eigenvalue weighted by atomic mass is 10.1. The average molecular weight is 408 g/mol. The Balaban J connectivity index is 1.30. The quantitative estimate of drug-likeness (QED) is 0.536. The van der Waals surface area contributed by atoms with Crippen molar-refractivity contribution in [1.82, 2.24) is 5.32 Å². The molecule has 1 saturated heterocycles. The maximum Gasteiger partial charge on any atom is 0.275 e. The topological polar surface area (TPSA) is 38.0 Å². The summed E-state index contributed by atoms with van der Waals surface area (Å²) in [4.78, 5) is 17.0. The van der Waals surface area contributed by atoms with Gasteiger partial charge in [0.1, 0.15) is 32.7 Å². The molecule has 5 heteroatoms. The smallest absolute Gasteiger partial charge is 0.275 e. The molecule has 3 aromatic rings. The summed E-state index contributed by atoms with van der Waals surface area (Å²) in [6, 6.07) is 25.0. The van der Waals surface area contributed by atoms with Crippen LogP contribution in [0.25, 0.3) is 0 Å². The highest BCUT2D eigenvalue weighted by Gasteiger charge is 2.26. The minimum Gasteiger partial charge on any atom is -0.339 e. The Morgan fingerprint density at radius 1 is 0.862 bits per heavy atom. The molecule has 29 heavy (non-hydrogen) atoms. The van der Waals surface area contributed by atoms with Gasteiger partial charge >= 0.3 is 0 Å². The summed E-state index contributed by atoms with van der Waals surface area (Å²) in [5.74, 6) is 0.133. The van der Waals surface area contributed by atoms with E-state index in [-0.39, 0.29) is 11.9 Å². The molecular weight excluding hydrogens is 378 g/mol. The molecule has 1 atom stereocenters. The number of nitrogens with one attached hydrogen (secondary N) is 3. The van der Waals surface area contributed by atoms with Crippen molar-refractivity contribution >= 4 is 17.2 Å². The lowest BCUT2D eigenvalue weighted by molar-refractivity contribution is -1.02. The van der Waals surface area contributed by atoms with E-state index in [1.807, 2.05) is 24.3 Å². The van der Waals surface area contributed by atoms with Gasteiger partial charge < -0.3 is 15.1 Å². The number of hydrogen-bond donors (Lipinski definition) is 3. The monoisotopic (exact) mass is 407 g/mol. The van der Waals surface area contributed by atoms with Crippen molar-refractivity contribution in [3.05, 3.63) is 94.2 Å². The second-order valence-corrected chi connectivity index (χ2v) is 8.75. The SMILES string of the molecule is O=C(C[NH+]1CC[NH+](Cc2ccccc2)CC1)N[C@@H](c1ccccc1)c1cccs1. The highest BCUT2D eigenvalue weighted by atomic mass is 32.1. The van der Waals surface area contributed by atoms with E-state index in [4.69, 9.17) is 0 Å². The fourth-order valence-electron chi connectivity index (χ4n) is 4.05. The summed E-state index contributed by atoms with van der Waals surface area (Å²) in [5.41, 5.74) is 2.53. The maximum atomic E-state index is 12.8. The van der Waals surface area contributed by atoms with Crippen LogP contribution in [0.3, 0.4) is 0 Å². The van der Waals surface area contributed by atoms with Crippen LogP contribution in [0.5, 0.6) is 0 Å². The number of amides is 1. The van der Waals surface area contributed by atoms with Crippen LogP contribution < -0.4 is 15.1 Å². The first-order chi connectivity index (χ1) is 14.3. The molecule has 0 radical (unpaired) electrons. The van der Waals surface area contributed by atoms with Gasteiger partial charge in [-0.3, -0.25) is 4.79 Å². The zero-order valence-electron chi connectivity index (χ0n) is 16.6. The molecule has 1 aliphatic heterocycles. The molecule has 3 N–H and O–H groups in total. The Kier molecular flexibility index (Phi) is 6.72. The van der Waals surface area contributed by atoms with Crippen molar-refractivity contribution in [3.63, 3.8) is 0 Å². The van der Waals surface area contributed by atoms with E-state index in [1.54, 1.807) is 16.2 Å². The number of benzene rings is 2. The minimum absolute atomic E-state index is 0.0619. The van der Waals surface area contributed by atoms with Gasteiger partial charge in [-0.25, -0.2) is 0 Å². The van der Waals surface area contributed by atoms with Crippen LogP contribution in [0.4, 0.5) is 0 Å². The molecule has 2 aromatic carbocycles. The summed E-state index contributed by atoms with van der Waals surface area (Å²) in [6.07, 6.45) is 0. The molecule has 2 heterocycles. The molecule has 150 valence electrons. The molecule has 1 fully saturated rings. The molecule has 1 aliphatic rings. The van der Waals surface area contributed by atoms with Crippen LogP contribution >= 0.6 is 11.3 Å². The van der Waals surface area contributed by atoms with Crippen molar-refractivity contribution in [1.29, 1.82) is 0 Å². The first-order valence-corrected chi connectivity index (χ1v) is 11.2. The Hall–Kier alpha value is -2.47. The summed E-state index contributed by atoms with van der Waals surface area (Å²) in [6.45, 7) is 5.95. The van der Waals surface area contributed by atoms with Crippen LogP contribution in [0.1, 0.15) is 22.0 Å². The maximum absolute atomic E-state index is 12.8. The Morgan fingerprint density at radius 2 is 1.52 bits per heavy atom. The van der Waals surface area contributed by atoms with E-state index in [0.717, 1.165) is 38.3 Å². The van der Waals surface area contributed by atoms with E-state index in [9.17, 15) is 4.79 Å². The van der Waals surface area contributed by atoms with Gasteiger partial charge in [0.05, 0.1) is 6.04 Å². The number of hydrogen-bond acceptors (Lipinski definition) is 2. The van der Waals surface area contributed by atoms with Crippen LogP contribution in [-0.2, 0) is 11.3 Å². The van der Waals surface area contributed by atoms with Gasteiger partial charge in [0, 0.05) is 10.4 Å². The summed E-state index contributed by atoms with van der Waals surface area (Å²) >= 11 is 1.69. The van der Waals surface area contributed by atoms with Crippen molar-refractivity contribution in [3.8, 4) is 0 Å². The fraction of sp³-hybridized carbons (Fsp3) is 0.292. The number of quaternary nitrogens is 2. The van der Waals surface area contributed by atoms with Gasteiger partial charge in [0.2, 0.25) is 0 Å². The minimum atomic E-state index is -0.0619. The molecule has 4 nitrogen and oxygen atoms in total. The van der Waals surface area contributed by atoms with Gasteiger partial charge in [-0.15, -0.1) is 11.3 Å². The van der Waals surface area contributed by atoms with Crippen molar-refractivity contribution in [2.45, 2.75) is 12.6 Å². The average Bonchev–Trinajstić information content (AvgIpc) is 3.29. The van der Waals surface area contributed by atoms with Crippen LogP contribution in [0, 0.1) is 0 Å². The number of carbonyl (C=O) groups excluding carboxylic acids is 1. The molecule has 0 saturated carbocycles. The number of carbonyl (C=O) groups is 1. The molecule has 4 rings (SSSR count). The first-order valence-electron chi connectivity index (χ1n) is 10.4. The van der Waals surface area contributed by atoms with E-state index < -0.39 is 0 Å². The largest absolute Gasteiger partial charge is 0.339 e. The van der Waals surface area contributed by atoms with E-state index in [1.165, 1.54) is 15.3 Å². The van der Waals surface area contributed by atoms with E-state index in [0.29, 0.717) is 6.54 Å². The van der Waals surface area contributed by atoms with Crippen molar-refractivity contribution in [2.75, 3.05) is 32.7 Å². The fourth-order valence-corrected chi connectivity index (χ4v) is 4.86. The lowest BCUT2D eigenvalue weighted by Crippen LogP contribution is -3.28. The van der Waals surface area contributed by atoms with Gasteiger partial charge in [0.25, 0.3) is 5.91 Å². The third kappa shape index (κ3) is 5.54. The normalized spacial score (nSPS) is 20.1. The Bertz CT molecular complexity index is 875. The number of piperazine rings is 1. The Labute approximate surface area is 176 Å². The van der Waals surface area contributed by atoms with E-state index in [2.05, 4.69) is 59.2 Å². The van der Waals surface area contributed by atoms with Crippen LogP contribution in [-0.4, -0.2) is 38.6 Å². The van der Waals surface area contributed by atoms with Crippen LogP contribution in [0.15, 0.2) is 78.2 Å². The highest BCUT2D eigenvalue weighted by molar-refractivity contribution is 7.10. The zero-order chi connectivity index (χ0) is 19.9. The predicted molar refractivity (Wildman–Crippen MR) is 117 cm³/mol. The molecule has 0 spiro atoms. The highest BCUT2D eigenvalue weighted by Crippen LogP contribution is 2.25. The Morgan fingerprint density at radius 3 is 2.17 bits per heavy atom. The summed E-state index contributed by atoms with van der Waals surface area (Å²) in [7, 11) is 0. The molecule has 0 unspecified atom stereocenters. The summed E-state index contributed by atoms with van der Waals surface area (Å²) < 4.78 is 0. The van der Waals surface area contributed by atoms with Gasteiger partial charge in [-0.1, -0.05) is 66.7 Å². The van der Waals surface area contributed by atoms with Gasteiger partial charge in [-0.2, -0.15) is 0 Å². The lowest BCUT2D eigenvalue weighted by Gasteiger charge is -2.29. The molecule has 1 aromatic heterocycles. The second-order valence-electron chi connectivity index (χ2n) is 7.77. The number of thiophene rings is 1. The molecule has 0 bridgehead atoms. The van der Waals surface area contributed by atoms with Gasteiger partial charge in [-0.05, 0) is 17.0 Å². The standard InChI is InChI=1S/C24H27N3OS/c28-23(25-24(22-12-7-17-29-22)21-10-5-2-6-11-21)19-27-15-13-26(14-16-27)18-20-8-3-1-4-9-20/h1-12,17,24H,13-16,18-19H2,(H,25,28)/p+2/t24-/m0/s1. The second kappa shape index (κ2) is 9.83. The summed E-state index contributed by atoms with van der Waals surface area (Å²) in [5, 5.41) is 5.34. The molecule has 0 aliphatic carbocycles. The van der Waals surface area contributed by atoms with Crippen molar-refractivity contribution in [2.24, 2.45) is 0 Å². The third-order valence-corrected chi connectivity index (χ3v) is 6.57. The van der Waals surface area contributed by atoms with E-state index >= 15 is 0 Å². The van der Waals surface area contributed by atoms with Crippen LogP contribution in [0.2, 0.25) is 0 Å². The number of rotatable bonds is 7. The van der Waals surface area contributed by atoms with Crippen molar-refractivity contribution < 1.29 is 14.6 Å². The zero-order valence-corrected chi connectivity index (χ0v) is 17.5. The predicted octanol–water partition coefficient (Wildman–Crippen LogP) is 0.937. The van der Waals surface area contributed by atoms with Gasteiger partial charge in [0.15, 0.2) is 6.54 Å². The third-order valence-electron chi connectivity index (χ3n) is 5.64.